The number of carbonyl (C=O) groups is 1. The molecular weight excluding hydrogens is 400 g/mol. The lowest BCUT2D eigenvalue weighted by atomic mass is 9.49. The van der Waals surface area contributed by atoms with Crippen LogP contribution in [0.3, 0.4) is 0 Å². The molecular formula is C26H36N4O2. The van der Waals surface area contributed by atoms with E-state index < -0.39 is 0 Å². The van der Waals surface area contributed by atoms with Crippen LogP contribution < -0.4 is 5.32 Å². The highest BCUT2D eigenvalue weighted by Gasteiger charge is 2.58. The molecule has 0 radical (unpaired) electrons. The summed E-state index contributed by atoms with van der Waals surface area (Å²) in [4.78, 5) is 21.5. The minimum Gasteiger partial charge on any atom is -0.384 e. The summed E-state index contributed by atoms with van der Waals surface area (Å²) in [7, 11) is 1.84. The van der Waals surface area contributed by atoms with Crippen LogP contribution in [0.25, 0.3) is 0 Å². The van der Waals surface area contributed by atoms with Gasteiger partial charge in [-0.3, -0.25) is 4.79 Å². The first kappa shape index (κ1) is 21.8. The predicted octanol–water partition coefficient (Wildman–Crippen LogP) is 4.82. The summed E-state index contributed by atoms with van der Waals surface area (Å²) >= 11 is 0. The third-order valence-corrected chi connectivity index (χ3v) is 9.80. The monoisotopic (exact) mass is 436 g/mol. The predicted molar refractivity (Wildman–Crippen MR) is 121 cm³/mol. The van der Waals surface area contributed by atoms with E-state index >= 15 is 0 Å². The summed E-state index contributed by atoms with van der Waals surface area (Å²) in [6.45, 7) is 3.32. The number of methoxy groups -OCH3 is 1. The molecule has 5 rings (SSSR count). The van der Waals surface area contributed by atoms with Crippen molar-refractivity contribution in [3.05, 3.63) is 18.1 Å². The summed E-state index contributed by atoms with van der Waals surface area (Å²) in [6, 6.07) is 1.97. The number of anilines is 1. The van der Waals surface area contributed by atoms with Crippen LogP contribution in [0, 0.1) is 58.2 Å². The molecule has 6 heteroatoms. The molecule has 1 aromatic rings. The Kier molecular flexibility index (Phi) is 5.96. The summed E-state index contributed by atoms with van der Waals surface area (Å²) in [5, 5.41) is 11.9. The highest BCUT2D eigenvalue weighted by atomic mass is 16.5. The number of nitriles is 1. The van der Waals surface area contributed by atoms with Gasteiger partial charge in [0.2, 0.25) is 5.91 Å². The number of ether oxygens (including phenoxy) is 1. The van der Waals surface area contributed by atoms with Gasteiger partial charge in [0.25, 0.3) is 0 Å². The zero-order valence-corrected chi connectivity index (χ0v) is 19.4. The van der Waals surface area contributed by atoms with E-state index in [1.807, 2.05) is 13.2 Å². The summed E-state index contributed by atoms with van der Waals surface area (Å²) < 4.78 is 5.47. The number of aromatic nitrogens is 2. The largest absolute Gasteiger partial charge is 0.384 e. The minimum atomic E-state index is 0.0426. The van der Waals surface area contributed by atoms with Crippen LogP contribution in [-0.2, 0) is 9.53 Å². The van der Waals surface area contributed by atoms with Crippen molar-refractivity contribution in [1.29, 1.82) is 5.26 Å². The Morgan fingerprint density at radius 2 is 1.97 bits per heavy atom. The molecule has 1 amide bonds. The van der Waals surface area contributed by atoms with Crippen molar-refractivity contribution in [2.75, 3.05) is 19.0 Å². The highest BCUT2D eigenvalue weighted by Crippen LogP contribution is 2.64. The molecule has 1 aromatic heterocycles. The van der Waals surface area contributed by atoms with E-state index in [0.29, 0.717) is 11.7 Å². The molecule has 4 aliphatic rings. The van der Waals surface area contributed by atoms with Crippen LogP contribution in [0.15, 0.2) is 12.4 Å². The summed E-state index contributed by atoms with van der Waals surface area (Å²) in [5.74, 6) is 5.45. The molecule has 0 spiro atoms. The molecule has 0 saturated heterocycles. The molecule has 0 aromatic carbocycles. The maximum atomic E-state index is 13.3. The fraction of sp³-hybridized carbons (Fsp3) is 0.769. The number of hydrogen-bond donors (Lipinski definition) is 1. The van der Waals surface area contributed by atoms with E-state index in [2.05, 4.69) is 22.2 Å². The molecule has 8 atom stereocenters. The molecule has 4 aliphatic carbocycles. The topological polar surface area (TPSA) is 87.9 Å². The van der Waals surface area contributed by atoms with E-state index in [1.165, 1.54) is 63.8 Å². The quantitative estimate of drug-likeness (QED) is 0.731. The van der Waals surface area contributed by atoms with Crippen LogP contribution in [0.5, 0.6) is 0 Å². The smallest absolute Gasteiger partial charge is 0.229 e. The van der Waals surface area contributed by atoms with E-state index in [0.717, 1.165) is 42.6 Å². The summed E-state index contributed by atoms with van der Waals surface area (Å²) in [5.41, 5.74) is 0.354. The average molecular weight is 437 g/mol. The molecule has 4 fully saturated rings. The molecule has 172 valence electrons. The zero-order chi connectivity index (χ0) is 22.3. The number of amides is 1. The van der Waals surface area contributed by atoms with Crippen molar-refractivity contribution in [2.24, 2.45) is 46.8 Å². The minimum absolute atomic E-state index is 0.0426. The second-order valence-corrected chi connectivity index (χ2v) is 11.1. The highest BCUT2D eigenvalue weighted by molar-refractivity contribution is 5.92. The van der Waals surface area contributed by atoms with Crippen LogP contribution in [-0.4, -0.2) is 29.6 Å². The van der Waals surface area contributed by atoms with Gasteiger partial charge < -0.3 is 10.1 Å². The fourth-order valence-corrected chi connectivity index (χ4v) is 8.43. The lowest BCUT2D eigenvalue weighted by Crippen LogP contribution is -2.50. The van der Waals surface area contributed by atoms with Gasteiger partial charge in [0.05, 0.1) is 12.4 Å². The molecule has 0 aliphatic heterocycles. The van der Waals surface area contributed by atoms with Crippen LogP contribution in [0.1, 0.15) is 70.4 Å². The molecule has 1 heterocycles. The number of nitrogens with zero attached hydrogens (tertiary/aromatic N) is 3. The molecule has 1 N–H and O–H groups in total. The Hall–Kier alpha value is -2.00. The first-order valence-corrected chi connectivity index (χ1v) is 12.6. The van der Waals surface area contributed by atoms with Gasteiger partial charge in [-0.15, -0.1) is 0 Å². The maximum absolute atomic E-state index is 13.3. The molecule has 6 nitrogen and oxygen atoms in total. The second-order valence-electron chi connectivity index (χ2n) is 11.1. The summed E-state index contributed by atoms with van der Waals surface area (Å²) in [6.07, 6.45) is 14.3. The maximum Gasteiger partial charge on any atom is 0.229 e. The standard InChI is InChI=1S/C26H36N4O2/c1-26-10-9-20-19-5-3-16(15-32-2)11-17(19)4-6-21(20)22(26)7-8-23(26)25(31)30-24-14-28-18(12-27)13-29-24/h13-14,16-17,19-23H,3-11,15H2,1-2H3,(H,29,30,31). The number of hydrogen-bond acceptors (Lipinski definition) is 5. The second kappa shape index (κ2) is 8.74. The van der Waals surface area contributed by atoms with Gasteiger partial charge in [-0.1, -0.05) is 6.92 Å². The Bertz CT molecular complexity index is 881. The van der Waals surface area contributed by atoms with Gasteiger partial charge in [0.1, 0.15) is 6.07 Å². The van der Waals surface area contributed by atoms with Crippen molar-refractivity contribution in [1.82, 2.24) is 9.97 Å². The number of carbonyl (C=O) groups excluding carboxylic acids is 1. The third-order valence-electron chi connectivity index (χ3n) is 9.80. The van der Waals surface area contributed by atoms with Gasteiger partial charge in [0.15, 0.2) is 11.5 Å². The van der Waals surface area contributed by atoms with Crippen molar-refractivity contribution in [2.45, 2.75) is 64.7 Å². The van der Waals surface area contributed by atoms with Gasteiger partial charge >= 0.3 is 0 Å². The number of fused-ring (bicyclic) bond motifs is 5. The van der Waals surface area contributed by atoms with Gasteiger partial charge in [-0.25, -0.2) is 9.97 Å². The molecule has 32 heavy (non-hydrogen) atoms. The third kappa shape index (κ3) is 3.73. The Morgan fingerprint density at radius 3 is 2.72 bits per heavy atom. The number of nitrogens with one attached hydrogen (secondary N) is 1. The van der Waals surface area contributed by atoms with Crippen molar-refractivity contribution in [3.8, 4) is 6.07 Å². The Morgan fingerprint density at radius 1 is 1.12 bits per heavy atom. The van der Waals surface area contributed by atoms with E-state index in [1.54, 1.807) is 0 Å². The van der Waals surface area contributed by atoms with Crippen molar-refractivity contribution < 1.29 is 9.53 Å². The molecule has 0 bridgehead atoms. The molecule has 4 saturated carbocycles. The van der Waals surface area contributed by atoms with Gasteiger partial charge in [-0.05, 0) is 98.7 Å². The normalized spacial score (nSPS) is 40.5. The van der Waals surface area contributed by atoms with Crippen LogP contribution >= 0.6 is 0 Å². The first-order chi connectivity index (χ1) is 15.5. The zero-order valence-electron chi connectivity index (χ0n) is 19.4. The Balaban J connectivity index is 1.26. The van der Waals surface area contributed by atoms with E-state index in [9.17, 15) is 4.79 Å². The van der Waals surface area contributed by atoms with Crippen LogP contribution in [0.2, 0.25) is 0 Å². The van der Waals surface area contributed by atoms with Crippen LogP contribution in [0.4, 0.5) is 5.82 Å². The van der Waals surface area contributed by atoms with Crippen molar-refractivity contribution >= 4 is 11.7 Å². The van der Waals surface area contributed by atoms with E-state index in [-0.39, 0.29) is 22.9 Å². The fourth-order valence-electron chi connectivity index (χ4n) is 8.43. The lowest BCUT2D eigenvalue weighted by molar-refractivity contribution is -0.127. The van der Waals surface area contributed by atoms with Gasteiger partial charge in [-0.2, -0.15) is 5.26 Å². The lowest BCUT2D eigenvalue weighted by Gasteiger charge is -2.56. The van der Waals surface area contributed by atoms with Crippen molar-refractivity contribution in [3.63, 3.8) is 0 Å². The molecule has 8 unspecified atom stereocenters. The van der Waals surface area contributed by atoms with Gasteiger partial charge in [0, 0.05) is 19.6 Å². The number of rotatable bonds is 4. The first-order valence-electron chi connectivity index (χ1n) is 12.6. The SMILES string of the molecule is COCC1CCC2C(CCC3C2CCC2(C)C(C(=O)Nc4cnc(C#N)cn4)CCC32)C1. The van der Waals surface area contributed by atoms with E-state index in [4.69, 9.17) is 10.00 Å². The average Bonchev–Trinajstić information content (AvgIpc) is 3.17. The Labute approximate surface area is 191 Å².